The Morgan fingerprint density at radius 1 is 1.36 bits per heavy atom. The average molecular weight is 186 g/mol. The first-order valence-corrected chi connectivity index (χ1v) is 4.74. The van der Waals surface area contributed by atoms with E-state index in [0.717, 1.165) is 6.54 Å². The van der Waals surface area contributed by atoms with Gasteiger partial charge in [-0.3, -0.25) is 0 Å². The summed E-state index contributed by atoms with van der Waals surface area (Å²) in [6, 6.07) is 8.33. The molecule has 14 heavy (non-hydrogen) atoms. The van der Waals surface area contributed by atoms with Crippen LogP contribution in [0.3, 0.4) is 0 Å². The van der Waals surface area contributed by atoms with E-state index < -0.39 is 0 Å². The van der Waals surface area contributed by atoms with E-state index in [-0.39, 0.29) is 0 Å². The first-order valence-electron chi connectivity index (χ1n) is 4.74. The van der Waals surface area contributed by atoms with Gasteiger partial charge in [-0.2, -0.15) is 0 Å². The summed E-state index contributed by atoms with van der Waals surface area (Å²) in [6.45, 7) is 5.16. The number of hydrogen-bond acceptors (Lipinski definition) is 1. The Morgan fingerprint density at radius 3 is 2.93 bits per heavy atom. The number of aromatic nitrogens is 1. The van der Waals surface area contributed by atoms with E-state index in [2.05, 4.69) is 35.5 Å². The summed E-state index contributed by atoms with van der Waals surface area (Å²) < 4.78 is 2.17. The third-order valence-corrected chi connectivity index (χ3v) is 2.42. The van der Waals surface area contributed by atoms with Crippen LogP contribution in [-0.4, -0.2) is 4.57 Å². The van der Waals surface area contributed by atoms with Gasteiger partial charge in [0.25, 0.3) is 0 Å². The molecule has 0 aliphatic heterocycles. The molecule has 2 N–H and O–H groups in total. The van der Waals surface area contributed by atoms with E-state index in [9.17, 15) is 0 Å². The molecule has 1 heterocycles. The number of fused-ring (bicyclic) bond motifs is 1. The fourth-order valence-electron chi connectivity index (χ4n) is 1.80. The second-order valence-electron chi connectivity index (χ2n) is 3.32. The summed E-state index contributed by atoms with van der Waals surface area (Å²) in [5.74, 6) is 0. The number of rotatable bonds is 3. The third-order valence-electron chi connectivity index (χ3n) is 2.42. The molecule has 2 nitrogen and oxygen atoms in total. The maximum Gasteiger partial charge on any atom is 0.0528 e. The molecule has 72 valence electrons. The lowest BCUT2D eigenvalue weighted by molar-refractivity contribution is 0.857. The van der Waals surface area contributed by atoms with E-state index in [1.165, 1.54) is 16.5 Å². The number of para-hydroxylation sites is 1. The minimum Gasteiger partial charge on any atom is -0.343 e. The van der Waals surface area contributed by atoms with Gasteiger partial charge in [0.1, 0.15) is 0 Å². The molecule has 2 heteroatoms. The van der Waals surface area contributed by atoms with E-state index in [1.54, 1.807) is 0 Å². The highest BCUT2D eigenvalue weighted by Crippen LogP contribution is 2.19. The van der Waals surface area contributed by atoms with Crippen molar-refractivity contribution in [3.8, 4) is 0 Å². The van der Waals surface area contributed by atoms with E-state index in [1.807, 2.05) is 12.1 Å². The zero-order valence-corrected chi connectivity index (χ0v) is 8.11. The molecule has 0 saturated heterocycles. The Morgan fingerprint density at radius 2 is 2.21 bits per heavy atom. The highest BCUT2D eigenvalue weighted by Gasteiger charge is 2.03. The third kappa shape index (κ3) is 1.34. The Bertz CT molecular complexity index is 454. The fraction of sp³-hybridized carbons (Fsp3) is 0.167. The van der Waals surface area contributed by atoms with Gasteiger partial charge in [-0.1, -0.05) is 24.3 Å². The van der Waals surface area contributed by atoms with Crippen molar-refractivity contribution in [1.29, 1.82) is 0 Å². The van der Waals surface area contributed by atoms with Crippen molar-refractivity contribution >= 4 is 10.9 Å². The Kier molecular flexibility index (Phi) is 2.37. The molecule has 0 atom stereocenters. The largest absolute Gasteiger partial charge is 0.343 e. The molecule has 0 unspecified atom stereocenters. The van der Waals surface area contributed by atoms with Crippen LogP contribution in [0.25, 0.3) is 10.9 Å². The Labute approximate surface area is 83.6 Å². The summed E-state index contributed by atoms with van der Waals surface area (Å²) in [4.78, 5) is 0. The molecule has 1 aromatic heterocycles. The van der Waals surface area contributed by atoms with Gasteiger partial charge in [-0.05, 0) is 17.0 Å². The summed E-state index contributed by atoms with van der Waals surface area (Å²) in [7, 11) is 0. The van der Waals surface area contributed by atoms with Gasteiger partial charge in [0.05, 0.1) is 5.52 Å². The van der Waals surface area contributed by atoms with Gasteiger partial charge >= 0.3 is 0 Å². The number of allylic oxidation sites excluding steroid dienone is 1. The standard InChI is InChI=1S/C12H14N2/c1-2-7-14-8-6-10-4-3-5-11(9-13)12(10)14/h2-6,8H,1,7,9,13H2. The Hall–Kier alpha value is -1.54. The van der Waals surface area contributed by atoms with E-state index >= 15 is 0 Å². The van der Waals surface area contributed by atoms with Crippen molar-refractivity contribution < 1.29 is 0 Å². The quantitative estimate of drug-likeness (QED) is 0.732. The smallest absolute Gasteiger partial charge is 0.0528 e. The summed E-state index contributed by atoms with van der Waals surface area (Å²) in [6.07, 6.45) is 3.97. The van der Waals surface area contributed by atoms with Crippen LogP contribution in [0.15, 0.2) is 43.1 Å². The molecule has 0 amide bonds. The van der Waals surface area contributed by atoms with Crippen LogP contribution in [-0.2, 0) is 13.1 Å². The zero-order valence-electron chi connectivity index (χ0n) is 8.11. The molecule has 0 fully saturated rings. The monoisotopic (exact) mass is 186 g/mol. The fourth-order valence-corrected chi connectivity index (χ4v) is 1.80. The zero-order chi connectivity index (χ0) is 9.97. The molecule has 1 aromatic carbocycles. The molecular formula is C12H14N2. The Balaban J connectivity index is 2.67. The van der Waals surface area contributed by atoms with E-state index in [4.69, 9.17) is 5.73 Å². The second-order valence-corrected chi connectivity index (χ2v) is 3.32. The predicted molar refractivity (Wildman–Crippen MR) is 60.0 cm³/mol. The van der Waals surface area contributed by atoms with Crippen LogP contribution in [0.4, 0.5) is 0 Å². The lowest BCUT2D eigenvalue weighted by atomic mass is 10.1. The lowest BCUT2D eigenvalue weighted by Gasteiger charge is -2.05. The van der Waals surface area contributed by atoms with Gasteiger partial charge in [0, 0.05) is 19.3 Å². The minimum absolute atomic E-state index is 0.582. The van der Waals surface area contributed by atoms with Crippen LogP contribution in [0, 0.1) is 0 Å². The number of hydrogen-bond donors (Lipinski definition) is 1. The normalized spacial score (nSPS) is 10.6. The van der Waals surface area contributed by atoms with Gasteiger partial charge in [-0.25, -0.2) is 0 Å². The first kappa shape index (κ1) is 9.03. The van der Waals surface area contributed by atoms with Crippen molar-refractivity contribution in [2.24, 2.45) is 5.73 Å². The minimum atomic E-state index is 0.582. The molecule has 0 radical (unpaired) electrons. The number of nitrogens with zero attached hydrogens (tertiary/aromatic N) is 1. The van der Waals surface area contributed by atoms with Gasteiger partial charge in [0.15, 0.2) is 0 Å². The molecule has 0 saturated carbocycles. The SMILES string of the molecule is C=CCn1ccc2cccc(CN)c21. The molecule has 2 aromatic rings. The molecule has 0 aliphatic carbocycles. The second kappa shape index (κ2) is 3.68. The summed E-state index contributed by atoms with van der Waals surface area (Å²) >= 11 is 0. The summed E-state index contributed by atoms with van der Waals surface area (Å²) in [5.41, 5.74) is 8.12. The highest BCUT2D eigenvalue weighted by molar-refractivity contribution is 5.83. The number of benzene rings is 1. The average Bonchev–Trinajstić information content (AvgIpc) is 2.62. The van der Waals surface area contributed by atoms with Crippen molar-refractivity contribution in [2.75, 3.05) is 0 Å². The molecular weight excluding hydrogens is 172 g/mol. The first-order chi connectivity index (χ1) is 6.86. The summed E-state index contributed by atoms with van der Waals surface area (Å²) in [5, 5.41) is 1.25. The van der Waals surface area contributed by atoms with Crippen LogP contribution in [0.1, 0.15) is 5.56 Å². The predicted octanol–water partition coefficient (Wildman–Crippen LogP) is 2.29. The highest BCUT2D eigenvalue weighted by atomic mass is 14.9. The van der Waals surface area contributed by atoms with E-state index in [0.29, 0.717) is 6.54 Å². The molecule has 2 rings (SSSR count). The van der Waals surface area contributed by atoms with Gasteiger partial charge in [0.2, 0.25) is 0 Å². The van der Waals surface area contributed by atoms with Crippen LogP contribution in [0.5, 0.6) is 0 Å². The lowest BCUT2D eigenvalue weighted by Crippen LogP contribution is -2.01. The molecule has 0 spiro atoms. The molecule has 0 aliphatic rings. The topological polar surface area (TPSA) is 30.9 Å². The van der Waals surface area contributed by atoms with Crippen LogP contribution < -0.4 is 5.73 Å². The van der Waals surface area contributed by atoms with Crippen molar-refractivity contribution in [3.63, 3.8) is 0 Å². The maximum absolute atomic E-state index is 5.70. The number of nitrogens with two attached hydrogens (primary N) is 1. The van der Waals surface area contributed by atoms with Crippen molar-refractivity contribution in [1.82, 2.24) is 4.57 Å². The van der Waals surface area contributed by atoms with Crippen molar-refractivity contribution in [3.05, 3.63) is 48.7 Å². The maximum atomic E-state index is 5.70. The molecule has 0 bridgehead atoms. The van der Waals surface area contributed by atoms with Crippen LogP contribution in [0.2, 0.25) is 0 Å². The van der Waals surface area contributed by atoms with Crippen LogP contribution >= 0.6 is 0 Å². The van der Waals surface area contributed by atoms with Gasteiger partial charge in [-0.15, -0.1) is 6.58 Å². The van der Waals surface area contributed by atoms with Gasteiger partial charge < -0.3 is 10.3 Å². The van der Waals surface area contributed by atoms with Crippen molar-refractivity contribution in [2.45, 2.75) is 13.1 Å².